The molecule has 6 nitrogen and oxygen atoms in total. The molecule has 5 rings (SSSR count). The molecule has 0 radical (unpaired) electrons. The Hall–Kier alpha value is -1.69. The highest BCUT2D eigenvalue weighted by atomic mass is 15.4. The van der Waals surface area contributed by atoms with Crippen molar-refractivity contribution >= 4 is 11.3 Å². The smallest absolute Gasteiger partial charge is 0.200 e. The molecule has 3 fully saturated rings. The molecule has 0 bridgehead atoms. The largest absolute Gasteiger partial charge is 0.368 e. The lowest BCUT2D eigenvalue weighted by Crippen LogP contribution is -2.45. The molecule has 2 aromatic rings. The highest BCUT2D eigenvalue weighted by Gasteiger charge is 2.41. The molecule has 2 aliphatic heterocycles. The van der Waals surface area contributed by atoms with E-state index in [1.165, 1.54) is 56.6 Å². The lowest BCUT2D eigenvalue weighted by molar-refractivity contribution is 0.234. The first-order valence-electron chi connectivity index (χ1n) is 8.87. The van der Waals surface area contributed by atoms with Crippen LogP contribution in [0.2, 0.25) is 0 Å². The Kier molecular flexibility index (Phi) is 2.92. The lowest BCUT2D eigenvalue weighted by Gasteiger charge is -2.41. The number of fused-ring (bicyclic) bond motifs is 1. The Balaban J connectivity index is 1.53. The third-order valence-electron chi connectivity index (χ3n) is 5.89. The van der Waals surface area contributed by atoms with Crippen LogP contribution in [0.3, 0.4) is 0 Å². The summed E-state index contributed by atoms with van der Waals surface area (Å²) in [5.74, 6) is 0.650. The van der Waals surface area contributed by atoms with E-state index in [2.05, 4.69) is 33.1 Å². The van der Waals surface area contributed by atoms with E-state index in [4.69, 9.17) is 5.10 Å². The number of anilines is 1. The van der Waals surface area contributed by atoms with Gasteiger partial charge in [-0.3, -0.25) is 0 Å². The van der Waals surface area contributed by atoms with Crippen LogP contribution in [0.25, 0.3) is 5.65 Å². The molecular weight excluding hydrogens is 288 g/mol. The Labute approximate surface area is 136 Å². The maximum Gasteiger partial charge on any atom is 0.200 e. The van der Waals surface area contributed by atoms with Gasteiger partial charge in [0.15, 0.2) is 0 Å². The van der Waals surface area contributed by atoms with Crippen molar-refractivity contribution in [2.24, 2.45) is 5.41 Å². The summed E-state index contributed by atoms with van der Waals surface area (Å²) in [4.78, 5) is 5.04. The number of piperidine rings is 1. The molecule has 1 unspecified atom stereocenters. The zero-order chi connectivity index (χ0) is 15.4. The van der Waals surface area contributed by atoms with Crippen molar-refractivity contribution in [3.63, 3.8) is 0 Å². The molecule has 122 valence electrons. The average Bonchev–Trinajstić information content (AvgIpc) is 3.20. The molecule has 6 heteroatoms. The second-order valence-corrected chi connectivity index (χ2v) is 7.84. The molecule has 3 aliphatic rings. The van der Waals surface area contributed by atoms with E-state index in [1.54, 1.807) is 6.33 Å². The van der Waals surface area contributed by atoms with E-state index in [0.29, 0.717) is 11.3 Å². The summed E-state index contributed by atoms with van der Waals surface area (Å²) in [7, 11) is 2.25. The third-order valence-corrected chi connectivity index (χ3v) is 5.89. The van der Waals surface area contributed by atoms with Gasteiger partial charge in [-0.2, -0.15) is 9.61 Å². The van der Waals surface area contributed by atoms with Crippen LogP contribution < -0.4 is 4.90 Å². The number of hydrogen-bond donors (Lipinski definition) is 0. The first kappa shape index (κ1) is 13.7. The van der Waals surface area contributed by atoms with Gasteiger partial charge in [-0.05, 0) is 51.8 Å². The molecule has 2 saturated heterocycles. The maximum atomic E-state index is 4.71. The standard InChI is InChI=1S/C17H24N6/c1-21-8-6-17(10-21)5-2-7-22(11-17)15-9-14(13-3-4-13)20-23-12-18-19-16(15)23/h9,12-13H,2-8,10-11H2,1H3. The van der Waals surface area contributed by atoms with E-state index in [0.717, 1.165) is 18.7 Å². The molecule has 0 aromatic carbocycles. The van der Waals surface area contributed by atoms with Gasteiger partial charge in [-0.1, -0.05) is 0 Å². The van der Waals surface area contributed by atoms with E-state index >= 15 is 0 Å². The number of nitrogens with zero attached hydrogens (tertiary/aromatic N) is 6. The van der Waals surface area contributed by atoms with Crippen LogP contribution in [0.4, 0.5) is 5.69 Å². The van der Waals surface area contributed by atoms with Gasteiger partial charge in [0.25, 0.3) is 0 Å². The highest BCUT2D eigenvalue weighted by molar-refractivity contribution is 5.69. The summed E-state index contributed by atoms with van der Waals surface area (Å²) in [6.45, 7) is 4.74. The lowest BCUT2D eigenvalue weighted by atomic mass is 9.79. The van der Waals surface area contributed by atoms with E-state index in [1.807, 2.05) is 4.52 Å². The number of hydrogen-bond acceptors (Lipinski definition) is 5. The predicted octanol–water partition coefficient (Wildman–Crippen LogP) is 1.92. The summed E-state index contributed by atoms with van der Waals surface area (Å²) < 4.78 is 1.88. The molecule has 4 heterocycles. The van der Waals surface area contributed by atoms with Crippen LogP contribution in [0.5, 0.6) is 0 Å². The normalized spacial score (nSPS) is 29.0. The van der Waals surface area contributed by atoms with Crippen LogP contribution >= 0.6 is 0 Å². The van der Waals surface area contributed by atoms with Crippen molar-refractivity contribution in [2.45, 2.75) is 38.0 Å². The van der Waals surface area contributed by atoms with Crippen molar-refractivity contribution in [3.8, 4) is 0 Å². The third kappa shape index (κ3) is 2.31. The monoisotopic (exact) mass is 312 g/mol. The first-order chi connectivity index (χ1) is 11.2. The van der Waals surface area contributed by atoms with E-state index in [-0.39, 0.29) is 0 Å². The van der Waals surface area contributed by atoms with E-state index < -0.39 is 0 Å². The molecule has 1 saturated carbocycles. The molecule has 1 atom stereocenters. The Morgan fingerprint density at radius 1 is 1.17 bits per heavy atom. The van der Waals surface area contributed by atoms with Crippen LogP contribution in [0, 0.1) is 5.41 Å². The molecular formula is C17H24N6. The molecule has 1 spiro atoms. The van der Waals surface area contributed by atoms with Crippen LogP contribution in [-0.4, -0.2) is 57.9 Å². The van der Waals surface area contributed by atoms with Crippen LogP contribution in [0.1, 0.15) is 43.7 Å². The minimum absolute atomic E-state index is 0.465. The SMILES string of the molecule is CN1CCC2(CCCN(c3cc(C4CC4)nn4cnnc34)C2)C1. The van der Waals surface area contributed by atoms with Crippen LogP contribution in [-0.2, 0) is 0 Å². The molecule has 23 heavy (non-hydrogen) atoms. The second kappa shape index (κ2) is 4.90. The van der Waals surface area contributed by atoms with Crippen molar-refractivity contribution in [2.75, 3.05) is 38.1 Å². The zero-order valence-corrected chi connectivity index (χ0v) is 13.8. The minimum atomic E-state index is 0.465. The Bertz CT molecular complexity index is 732. The molecule has 1 aliphatic carbocycles. The van der Waals surface area contributed by atoms with Gasteiger partial charge < -0.3 is 9.80 Å². The average molecular weight is 312 g/mol. The highest BCUT2D eigenvalue weighted by Crippen LogP contribution is 2.43. The minimum Gasteiger partial charge on any atom is -0.368 e. The summed E-state index contributed by atoms with van der Waals surface area (Å²) in [6.07, 6.45) is 8.24. The Morgan fingerprint density at radius 2 is 2.09 bits per heavy atom. The molecule has 2 aromatic heterocycles. The summed E-state index contributed by atoms with van der Waals surface area (Å²) >= 11 is 0. The summed E-state index contributed by atoms with van der Waals surface area (Å²) in [6, 6.07) is 2.29. The van der Waals surface area contributed by atoms with Gasteiger partial charge >= 0.3 is 0 Å². The van der Waals surface area contributed by atoms with Crippen molar-refractivity contribution in [3.05, 3.63) is 18.1 Å². The first-order valence-corrected chi connectivity index (χ1v) is 8.87. The number of aromatic nitrogens is 4. The fourth-order valence-electron chi connectivity index (χ4n) is 4.55. The van der Waals surface area contributed by atoms with E-state index in [9.17, 15) is 0 Å². The second-order valence-electron chi connectivity index (χ2n) is 7.84. The molecule has 0 N–H and O–H groups in total. The van der Waals surface area contributed by atoms with Gasteiger partial charge in [0.2, 0.25) is 5.65 Å². The summed E-state index contributed by atoms with van der Waals surface area (Å²) in [5, 5.41) is 13.1. The maximum absolute atomic E-state index is 4.71. The number of rotatable bonds is 2. The number of likely N-dealkylation sites (tertiary alicyclic amines) is 1. The van der Waals surface area contributed by atoms with Gasteiger partial charge in [-0.25, -0.2) is 0 Å². The summed E-state index contributed by atoms with van der Waals surface area (Å²) in [5.41, 5.74) is 3.84. The zero-order valence-electron chi connectivity index (χ0n) is 13.8. The van der Waals surface area contributed by atoms with Gasteiger partial charge in [0, 0.05) is 31.0 Å². The molecule has 0 amide bonds. The van der Waals surface area contributed by atoms with Crippen molar-refractivity contribution in [1.82, 2.24) is 24.7 Å². The van der Waals surface area contributed by atoms with Crippen molar-refractivity contribution in [1.29, 1.82) is 0 Å². The fourth-order valence-corrected chi connectivity index (χ4v) is 4.55. The van der Waals surface area contributed by atoms with Gasteiger partial charge in [0.1, 0.15) is 6.33 Å². The topological polar surface area (TPSA) is 49.6 Å². The van der Waals surface area contributed by atoms with Gasteiger partial charge in [0.05, 0.1) is 11.4 Å². The van der Waals surface area contributed by atoms with Crippen molar-refractivity contribution < 1.29 is 0 Å². The fraction of sp³-hybridized carbons (Fsp3) is 0.706. The van der Waals surface area contributed by atoms with Gasteiger partial charge in [-0.15, -0.1) is 10.2 Å². The Morgan fingerprint density at radius 3 is 2.87 bits per heavy atom. The quantitative estimate of drug-likeness (QED) is 0.848. The predicted molar refractivity (Wildman–Crippen MR) is 88.8 cm³/mol. The van der Waals surface area contributed by atoms with Crippen LogP contribution in [0.15, 0.2) is 12.4 Å².